The van der Waals surface area contributed by atoms with Gasteiger partial charge in [0.25, 0.3) is 10.0 Å². The summed E-state index contributed by atoms with van der Waals surface area (Å²) >= 11 is 0. The first-order valence-electron chi connectivity index (χ1n) is 7.07. The number of anilines is 1. The molecule has 0 unspecified atom stereocenters. The summed E-state index contributed by atoms with van der Waals surface area (Å²) in [5.41, 5.74) is 0.639. The lowest BCUT2D eigenvalue weighted by atomic mass is 10.1. The number of sulfonamides is 2. The molecule has 0 amide bonds. The van der Waals surface area contributed by atoms with Gasteiger partial charge in [0, 0.05) is 0 Å². The molecule has 2 rings (SSSR count). The van der Waals surface area contributed by atoms with Crippen molar-refractivity contribution in [1.29, 1.82) is 0 Å². The number of hydrogen-bond donors (Lipinski definition) is 2. The molecule has 2 aromatic rings. The van der Waals surface area contributed by atoms with E-state index in [1.165, 1.54) is 12.1 Å². The maximum atomic E-state index is 13.9. The SMILES string of the molecule is CCCc1ccc(S(=O)(=O)Nc2ccc(S(N)(=O)=O)cc2F)cc1. The van der Waals surface area contributed by atoms with Crippen molar-refractivity contribution in [2.45, 2.75) is 29.6 Å². The van der Waals surface area contributed by atoms with Gasteiger partial charge in [-0.15, -0.1) is 0 Å². The number of hydrogen-bond acceptors (Lipinski definition) is 4. The average molecular weight is 372 g/mol. The van der Waals surface area contributed by atoms with Crippen LogP contribution in [0, 0.1) is 5.82 Å². The largest absolute Gasteiger partial charge is 0.277 e. The Kier molecular flexibility index (Phi) is 5.26. The normalized spacial score (nSPS) is 12.1. The summed E-state index contributed by atoms with van der Waals surface area (Å²) in [6.07, 6.45) is 1.77. The molecular weight excluding hydrogens is 355 g/mol. The molecule has 0 aliphatic carbocycles. The molecule has 0 saturated carbocycles. The molecule has 6 nitrogen and oxygen atoms in total. The van der Waals surface area contributed by atoms with E-state index in [2.05, 4.69) is 4.72 Å². The van der Waals surface area contributed by atoms with E-state index in [1.54, 1.807) is 12.1 Å². The highest BCUT2D eigenvalue weighted by atomic mass is 32.2. The Morgan fingerprint density at radius 1 is 1.00 bits per heavy atom. The number of primary sulfonamides is 1. The highest BCUT2D eigenvalue weighted by molar-refractivity contribution is 7.92. The zero-order valence-corrected chi connectivity index (χ0v) is 14.5. The van der Waals surface area contributed by atoms with Crippen LogP contribution in [0.3, 0.4) is 0 Å². The third-order valence-electron chi connectivity index (χ3n) is 3.29. The minimum Gasteiger partial charge on any atom is -0.277 e. The summed E-state index contributed by atoms with van der Waals surface area (Å²) in [6.45, 7) is 2.01. The van der Waals surface area contributed by atoms with Crippen molar-refractivity contribution >= 4 is 25.7 Å². The molecule has 0 heterocycles. The van der Waals surface area contributed by atoms with E-state index in [0.717, 1.165) is 30.5 Å². The molecule has 0 bridgehead atoms. The molecule has 9 heteroatoms. The molecular formula is C15H17FN2O4S2. The minimum absolute atomic E-state index is 0.0164. The number of rotatable bonds is 6. The molecule has 0 fully saturated rings. The van der Waals surface area contributed by atoms with Gasteiger partial charge in [0.1, 0.15) is 5.82 Å². The smallest absolute Gasteiger partial charge is 0.261 e. The van der Waals surface area contributed by atoms with Crippen molar-refractivity contribution in [2.24, 2.45) is 5.14 Å². The van der Waals surface area contributed by atoms with Crippen LogP contribution in [0.1, 0.15) is 18.9 Å². The van der Waals surface area contributed by atoms with E-state index in [-0.39, 0.29) is 10.6 Å². The number of aryl methyl sites for hydroxylation is 1. The number of benzene rings is 2. The van der Waals surface area contributed by atoms with E-state index in [0.29, 0.717) is 6.07 Å². The molecule has 0 saturated heterocycles. The molecule has 24 heavy (non-hydrogen) atoms. The average Bonchev–Trinajstić information content (AvgIpc) is 2.49. The van der Waals surface area contributed by atoms with Crippen molar-refractivity contribution in [3.8, 4) is 0 Å². The van der Waals surface area contributed by atoms with Crippen LogP contribution >= 0.6 is 0 Å². The van der Waals surface area contributed by atoms with Crippen molar-refractivity contribution in [3.63, 3.8) is 0 Å². The highest BCUT2D eigenvalue weighted by Crippen LogP contribution is 2.22. The monoisotopic (exact) mass is 372 g/mol. The van der Waals surface area contributed by atoms with Crippen molar-refractivity contribution < 1.29 is 21.2 Å². The maximum absolute atomic E-state index is 13.9. The zero-order chi connectivity index (χ0) is 18.0. The molecule has 0 atom stereocenters. The molecule has 130 valence electrons. The van der Waals surface area contributed by atoms with Crippen LogP contribution in [0.2, 0.25) is 0 Å². The van der Waals surface area contributed by atoms with E-state index < -0.39 is 30.8 Å². The second-order valence-corrected chi connectivity index (χ2v) is 8.43. The van der Waals surface area contributed by atoms with Gasteiger partial charge in [0.05, 0.1) is 15.5 Å². The van der Waals surface area contributed by atoms with Crippen LogP contribution in [0.15, 0.2) is 52.3 Å². The summed E-state index contributed by atoms with van der Waals surface area (Å²) < 4.78 is 62.9. The molecule has 0 aromatic heterocycles. The predicted octanol–water partition coefficient (Wildman–Crippen LogP) is 2.23. The summed E-state index contributed by atoms with van der Waals surface area (Å²) in [5, 5.41) is 4.90. The highest BCUT2D eigenvalue weighted by Gasteiger charge is 2.18. The van der Waals surface area contributed by atoms with Crippen LogP contribution in [0.5, 0.6) is 0 Å². The Labute approximate surface area is 140 Å². The fourth-order valence-electron chi connectivity index (χ4n) is 2.08. The molecule has 3 N–H and O–H groups in total. The van der Waals surface area contributed by atoms with Gasteiger partial charge in [0.15, 0.2) is 0 Å². The Balaban J connectivity index is 2.29. The predicted molar refractivity (Wildman–Crippen MR) is 89.0 cm³/mol. The summed E-state index contributed by atoms with van der Waals surface area (Å²) in [7, 11) is -8.05. The second kappa shape index (κ2) is 6.88. The van der Waals surface area contributed by atoms with E-state index in [1.807, 2.05) is 6.92 Å². The Morgan fingerprint density at radius 2 is 1.58 bits per heavy atom. The fourth-order valence-corrected chi connectivity index (χ4v) is 3.68. The first kappa shape index (κ1) is 18.4. The molecule has 0 aliphatic heterocycles. The molecule has 0 aliphatic rings. The minimum atomic E-state index is -4.07. The number of nitrogens with two attached hydrogens (primary N) is 1. The van der Waals surface area contributed by atoms with Crippen LogP contribution < -0.4 is 9.86 Å². The van der Waals surface area contributed by atoms with Gasteiger partial charge in [0.2, 0.25) is 10.0 Å². The molecule has 0 spiro atoms. The first-order valence-corrected chi connectivity index (χ1v) is 10.1. The molecule has 0 radical (unpaired) electrons. The third-order valence-corrected chi connectivity index (χ3v) is 5.58. The first-order chi connectivity index (χ1) is 11.1. The zero-order valence-electron chi connectivity index (χ0n) is 12.9. The summed E-state index contributed by atoms with van der Waals surface area (Å²) in [5.74, 6) is -1.03. The lowest BCUT2D eigenvalue weighted by Gasteiger charge is -2.10. The lowest BCUT2D eigenvalue weighted by molar-refractivity contribution is 0.592. The third kappa shape index (κ3) is 4.31. The van der Waals surface area contributed by atoms with Crippen molar-refractivity contribution in [2.75, 3.05) is 4.72 Å². The van der Waals surface area contributed by atoms with Gasteiger partial charge < -0.3 is 0 Å². The van der Waals surface area contributed by atoms with Crippen LogP contribution in [-0.2, 0) is 26.5 Å². The molecule has 2 aromatic carbocycles. The standard InChI is InChI=1S/C15H17FN2O4S2/c1-2-3-11-4-6-12(7-5-11)24(21,22)18-15-9-8-13(10-14(15)16)23(17,19)20/h4-10,18H,2-3H2,1H3,(H2,17,19,20). The van der Waals surface area contributed by atoms with Crippen LogP contribution in [0.25, 0.3) is 0 Å². The number of nitrogens with one attached hydrogen (secondary N) is 1. The fraction of sp³-hybridized carbons (Fsp3) is 0.200. The quantitative estimate of drug-likeness (QED) is 0.811. The maximum Gasteiger partial charge on any atom is 0.261 e. The van der Waals surface area contributed by atoms with Crippen molar-refractivity contribution in [3.05, 3.63) is 53.8 Å². The van der Waals surface area contributed by atoms with Gasteiger partial charge in [-0.05, 0) is 42.3 Å². The Bertz CT molecular complexity index is 940. The second-order valence-electron chi connectivity index (χ2n) is 5.19. The van der Waals surface area contributed by atoms with Gasteiger partial charge in [-0.1, -0.05) is 25.5 Å². The summed E-state index contributed by atoms with van der Waals surface area (Å²) in [4.78, 5) is -0.454. The van der Waals surface area contributed by atoms with Gasteiger partial charge >= 0.3 is 0 Å². The number of halogens is 1. The Morgan fingerprint density at radius 3 is 2.08 bits per heavy atom. The topological polar surface area (TPSA) is 106 Å². The van der Waals surface area contributed by atoms with Crippen LogP contribution in [-0.4, -0.2) is 16.8 Å². The summed E-state index contributed by atoms with van der Waals surface area (Å²) in [6, 6.07) is 8.96. The van der Waals surface area contributed by atoms with E-state index >= 15 is 0 Å². The van der Waals surface area contributed by atoms with E-state index in [9.17, 15) is 21.2 Å². The van der Waals surface area contributed by atoms with Gasteiger partial charge in [-0.25, -0.2) is 26.4 Å². The van der Waals surface area contributed by atoms with Gasteiger partial charge in [-0.3, -0.25) is 4.72 Å². The van der Waals surface area contributed by atoms with E-state index in [4.69, 9.17) is 5.14 Å². The lowest BCUT2D eigenvalue weighted by Crippen LogP contribution is -2.15. The Hall–Kier alpha value is -1.97. The van der Waals surface area contributed by atoms with Crippen LogP contribution in [0.4, 0.5) is 10.1 Å². The van der Waals surface area contributed by atoms with Gasteiger partial charge in [-0.2, -0.15) is 0 Å². The van der Waals surface area contributed by atoms with Crippen molar-refractivity contribution in [1.82, 2.24) is 0 Å².